The van der Waals surface area contributed by atoms with E-state index in [1.54, 1.807) is 0 Å². The molecule has 0 aliphatic carbocycles. The van der Waals surface area contributed by atoms with Gasteiger partial charge in [0.15, 0.2) is 0 Å². The quantitative estimate of drug-likeness (QED) is 0.675. The van der Waals surface area contributed by atoms with Gasteiger partial charge in [-0.3, -0.25) is 9.69 Å². The molecule has 0 saturated heterocycles. The van der Waals surface area contributed by atoms with Crippen LogP contribution >= 0.6 is 11.6 Å². The number of carbonyl (C=O) groups excluding carboxylic acids is 1. The third-order valence-electron chi connectivity index (χ3n) is 3.56. The lowest BCUT2D eigenvalue weighted by Crippen LogP contribution is -2.34. The van der Waals surface area contributed by atoms with Crippen molar-refractivity contribution in [2.45, 2.75) is 32.4 Å². The Morgan fingerprint density at radius 1 is 1.16 bits per heavy atom. The molecule has 0 radical (unpaired) electrons. The minimum atomic E-state index is -0.730. The highest BCUT2D eigenvalue weighted by molar-refractivity contribution is 6.19. The van der Waals surface area contributed by atoms with Gasteiger partial charge in [-0.05, 0) is 43.7 Å². The average molecular weight is 357 g/mol. The first-order chi connectivity index (χ1) is 12.1. The first-order valence-electron chi connectivity index (χ1n) is 8.16. The molecular weight excluding hydrogens is 336 g/mol. The van der Waals surface area contributed by atoms with Crippen LogP contribution in [0, 0.1) is 11.3 Å². The van der Waals surface area contributed by atoms with Crippen molar-refractivity contribution >= 4 is 23.2 Å². The Bertz CT molecular complexity index is 724. The Morgan fingerprint density at radius 2 is 1.80 bits per heavy atom. The number of hydrogen-bond acceptors (Lipinski definition) is 3. The number of nitrogens with zero attached hydrogens (tertiary/aromatic N) is 2. The van der Waals surface area contributed by atoms with Gasteiger partial charge in [-0.15, -0.1) is 11.6 Å². The standard InChI is InChI=1S/C20H21ClN2O2/c1-15(2)25-18-10-8-16(9-11-18)19(14-22)23(20(24)12-13-21)17-6-4-3-5-7-17/h3-11,15,19H,12-13H2,1-2H3/t19-/m1/s1. The van der Waals surface area contributed by atoms with Gasteiger partial charge in [0.2, 0.25) is 5.91 Å². The van der Waals surface area contributed by atoms with Crippen molar-refractivity contribution in [3.8, 4) is 11.8 Å². The van der Waals surface area contributed by atoms with Gasteiger partial charge in [-0.25, -0.2) is 0 Å². The van der Waals surface area contributed by atoms with Gasteiger partial charge in [0.1, 0.15) is 11.8 Å². The molecule has 0 N–H and O–H groups in total. The third kappa shape index (κ3) is 4.98. The average Bonchev–Trinajstić information content (AvgIpc) is 2.61. The minimum Gasteiger partial charge on any atom is -0.491 e. The number of alkyl halides is 1. The van der Waals surface area contributed by atoms with E-state index in [-0.39, 0.29) is 24.3 Å². The summed E-state index contributed by atoms with van der Waals surface area (Å²) in [7, 11) is 0. The van der Waals surface area contributed by atoms with Crippen molar-refractivity contribution in [3.63, 3.8) is 0 Å². The maximum atomic E-state index is 12.6. The fraction of sp³-hybridized carbons (Fsp3) is 0.300. The van der Waals surface area contributed by atoms with Gasteiger partial charge in [0, 0.05) is 18.0 Å². The number of halogens is 1. The molecule has 0 aliphatic rings. The van der Waals surface area contributed by atoms with E-state index in [0.29, 0.717) is 5.69 Å². The summed E-state index contributed by atoms with van der Waals surface area (Å²) in [5.41, 5.74) is 1.40. The van der Waals surface area contributed by atoms with Crippen LogP contribution in [0.15, 0.2) is 54.6 Å². The Balaban J connectivity index is 2.36. The van der Waals surface area contributed by atoms with E-state index in [4.69, 9.17) is 16.3 Å². The highest BCUT2D eigenvalue weighted by Crippen LogP contribution is 2.29. The molecule has 4 nitrogen and oxygen atoms in total. The summed E-state index contributed by atoms with van der Waals surface area (Å²) in [4.78, 5) is 14.1. The molecule has 0 saturated carbocycles. The zero-order valence-corrected chi connectivity index (χ0v) is 15.1. The van der Waals surface area contributed by atoms with Crippen molar-refractivity contribution in [2.24, 2.45) is 0 Å². The van der Waals surface area contributed by atoms with E-state index in [1.165, 1.54) is 4.90 Å². The number of nitriles is 1. The zero-order valence-electron chi connectivity index (χ0n) is 14.4. The summed E-state index contributed by atoms with van der Waals surface area (Å²) in [6.45, 7) is 3.90. The third-order valence-corrected chi connectivity index (χ3v) is 3.75. The molecule has 0 aromatic heterocycles. The van der Waals surface area contributed by atoms with Crippen LogP contribution < -0.4 is 9.64 Å². The predicted octanol–water partition coefficient (Wildman–Crippen LogP) is 4.70. The van der Waals surface area contributed by atoms with Crippen molar-refractivity contribution in [1.82, 2.24) is 0 Å². The van der Waals surface area contributed by atoms with Gasteiger partial charge < -0.3 is 4.74 Å². The van der Waals surface area contributed by atoms with Gasteiger partial charge in [-0.2, -0.15) is 5.26 Å². The Hall–Kier alpha value is -2.51. The number of anilines is 1. The first-order valence-corrected chi connectivity index (χ1v) is 8.69. The second-order valence-electron chi connectivity index (χ2n) is 5.81. The van der Waals surface area contributed by atoms with Crippen molar-refractivity contribution in [1.29, 1.82) is 5.26 Å². The second-order valence-corrected chi connectivity index (χ2v) is 6.18. The largest absolute Gasteiger partial charge is 0.491 e. The van der Waals surface area contributed by atoms with Gasteiger partial charge >= 0.3 is 0 Å². The smallest absolute Gasteiger partial charge is 0.229 e. The lowest BCUT2D eigenvalue weighted by Gasteiger charge is -2.28. The van der Waals surface area contributed by atoms with Crippen molar-refractivity contribution in [2.75, 3.05) is 10.8 Å². The predicted molar refractivity (Wildman–Crippen MR) is 99.8 cm³/mol. The topological polar surface area (TPSA) is 53.3 Å². The van der Waals surface area contributed by atoms with Gasteiger partial charge in [-0.1, -0.05) is 30.3 Å². The summed E-state index contributed by atoms with van der Waals surface area (Å²) < 4.78 is 5.63. The highest BCUT2D eigenvalue weighted by Gasteiger charge is 2.26. The minimum absolute atomic E-state index is 0.0729. The first kappa shape index (κ1) is 18.8. The fourth-order valence-electron chi connectivity index (χ4n) is 2.51. The molecule has 5 heteroatoms. The molecule has 130 valence electrons. The molecule has 2 aromatic carbocycles. The molecule has 2 rings (SSSR count). The van der Waals surface area contributed by atoms with E-state index in [9.17, 15) is 10.1 Å². The SMILES string of the molecule is CC(C)Oc1ccc([C@@H](C#N)N(C(=O)CCCl)c2ccccc2)cc1. The van der Waals surface area contributed by atoms with Crippen LogP contribution in [-0.2, 0) is 4.79 Å². The summed E-state index contributed by atoms with van der Waals surface area (Å²) in [6.07, 6.45) is 0.243. The molecule has 0 fully saturated rings. The number of amides is 1. The van der Waals surface area contributed by atoms with Crippen LogP contribution in [0.1, 0.15) is 31.9 Å². The maximum Gasteiger partial charge on any atom is 0.229 e. The molecular formula is C20H21ClN2O2. The van der Waals surface area contributed by atoms with Crippen LogP contribution in [0.4, 0.5) is 5.69 Å². The summed E-state index contributed by atoms with van der Waals surface area (Å²) in [5.74, 6) is 0.755. The monoisotopic (exact) mass is 356 g/mol. The number of hydrogen-bond donors (Lipinski definition) is 0. The van der Waals surface area contributed by atoms with Crippen LogP contribution in [0.2, 0.25) is 0 Å². The van der Waals surface area contributed by atoms with Crippen molar-refractivity contribution in [3.05, 3.63) is 60.2 Å². The molecule has 0 spiro atoms. The maximum absolute atomic E-state index is 12.6. The van der Waals surface area contributed by atoms with E-state index < -0.39 is 6.04 Å². The number of para-hydroxylation sites is 1. The normalized spacial score (nSPS) is 11.6. The molecule has 0 unspecified atom stereocenters. The molecule has 25 heavy (non-hydrogen) atoms. The summed E-state index contributed by atoms with van der Waals surface area (Å²) in [6, 6.07) is 17.9. The second kappa shape index (κ2) is 9.10. The number of benzene rings is 2. The summed E-state index contributed by atoms with van der Waals surface area (Å²) >= 11 is 5.74. The Labute approximate surface area is 153 Å². The van der Waals surface area contributed by atoms with Gasteiger partial charge in [0.25, 0.3) is 0 Å². The molecule has 0 heterocycles. The van der Waals surface area contributed by atoms with E-state index in [1.807, 2.05) is 68.4 Å². The number of carbonyl (C=O) groups is 1. The molecule has 0 aliphatic heterocycles. The lowest BCUT2D eigenvalue weighted by atomic mass is 10.0. The molecule has 2 aromatic rings. The molecule has 1 atom stereocenters. The van der Waals surface area contributed by atoms with Gasteiger partial charge in [0.05, 0.1) is 12.2 Å². The Morgan fingerprint density at radius 3 is 2.32 bits per heavy atom. The fourth-order valence-corrected chi connectivity index (χ4v) is 2.67. The van der Waals surface area contributed by atoms with Crippen LogP contribution in [0.3, 0.4) is 0 Å². The van der Waals surface area contributed by atoms with Crippen molar-refractivity contribution < 1.29 is 9.53 Å². The zero-order chi connectivity index (χ0) is 18.2. The molecule has 1 amide bonds. The van der Waals surface area contributed by atoms with E-state index in [0.717, 1.165) is 11.3 Å². The lowest BCUT2D eigenvalue weighted by molar-refractivity contribution is -0.118. The number of ether oxygens (including phenoxy) is 1. The highest BCUT2D eigenvalue weighted by atomic mass is 35.5. The molecule has 0 bridgehead atoms. The van der Waals surface area contributed by atoms with E-state index in [2.05, 4.69) is 6.07 Å². The van der Waals surface area contributed by atoms with Crippen LogP contribution in [-0.4, -0.2) is 17.9 Å². The van der Waals surface area contributed by atoms with Crippen LogP contribution in [0.5, 0.6) is 5.75 Å². The Kier molecular flexibility index (Phi) is 6.85. The van der Waals surface area contributed by atoms with E-state index >= 15 is 0 Å². The van der Waals surface area contributed by atoms with Crippen LogP contribution in [0.25, 0.3) is 0 Å². The summed E-state index contributed by atoms with van der Waals surface area (Å²) in [5, 5.41) is 9.73. The number of rotatable bonds is 7.